The Morgan fingerprint density at radius 1 is 1.26 bits per heavy atom. The van der Waals surface area contributed by atoms with E-state index in [0.717, 1.165) is 23.8 Å². The molecule has 1 aromatic carbocycles. The fraction of sp³-hybridized carbons (Fsp3) is 0.500. The van der Waals surface area contributed by atoms with Crippen molar-refractivity contribution in [2.75, 3.05) is 40.3 Å². The monoisotopic (exact) mass is 425 g/mol. The minimum atomic E-state index is -3.53. The van der Waals surface area contributed by atoms with E-state index in [1.54, 1.807) is 17.0 Å². The number of nitrogens with one attached hydrogen (secondary N) is 1. The first kappa shape index (κ1) is 20.4. The van der Waals surface area contributed by atoms with E-state index in [0.29, 0.717) is 23.1 Å². The molecule has 0 aromatic heterocycles. The van der Waals surface area contributed by atoms with Crippen LogP contribution in [0.3, 0.4) is 0 Å². The van der Waals surface area contributed by atoms with Gasteiger partial charge in [-0.05, 0) is 47.1 Å². The molecule has 1 aliphatic heterocycles. The first-order valence-corrected chi connectivity index (χ1v) is 9.29. The van der Waals surface area contributed by atoms with Gasteiger partial charge in [0.1, 0.15) is 0 Å². The Balaban J connectivity index is 0.00000264. The minimum absolute atomic E-state index is 0. The van der Waals surface area contributed by atoms with Crippen LogP contribution in [0.4, 0.5) is 0 Å². The van der Waals surface area contributed by atoms with E-state index < -0.39 is 10.0 Å². The molecule has 1 fully saturated rings. The van der Waals surface area contributed by atoms with Gasteiger partial charge in [-0.15, -0.1) is 12.4 Å². The first-order valence-electron chi connectivity index (χ1n) is 7.06. The molecule has 1 saturated heterocycles. The number of rotatable bonds is 3. The third-order valence-electron chi connectivity index (χ3n) is 3.56. The van der Waals surface area contributed by atoms with E-state index in [1.165, 1.54) is 20.2 Å². The first-order chi connectivity index (χ1) is 10.3. The summed E-state index contributed by atoms with van der Waals surface area (Å²) >= 11 is 3.27. The van der Waals surface area contributed by atoms with Crippen LogP contribution in [-0.2, 0) is 10.0 Å². The van der Waals surface area contributed by atoms with Crippen molar-refractivity contribution < 1.29 is 13.2 Å². The molecule has 23 heavy (non-hydrogen) atoms. The molecule has 1 aromatic rings. The zero-order chi connectivity index (χ0) is 16.3. The van der Waals surface area contributed by atoms with Crippen LogP contribution in [0.25, 0.3) is 0 Å². The summed E-state index contributed by atoms with van der Waals surface area (Å²) in [6.45, 7) is 3.06. The predicted octanol–water partition coefficient (Wildman–Crippen LogP) is 1.56. The van der Waals surface area contributed by atoms with Crippen LogP contribution >= 0.6 is 28.3 Å². The van der Waals surface area contributed by atoms with Crippen molar-refractivity contribution in [2.45, 2.75) is 11.3 Å². The van der Waals surface area contributed by atoms with Gasteiger partial charge >= 0.3 is 0 Å². The number of carbonyl (C=O) groups is 1. The van der Waals surface area contributed by atoms with Crippen LogP contribution in [0.1, 0.15) is 16.8 Å². The van der Waals surface area contributed by atoms with Crippen LogP contribution in [-0.4, -0.2) is 63.8 Å². The number of carbonyl (C=O) groups excluding carboxylic acids is 1. The molecule has 0 atom stereocenters. The lowest BCUT2D eigenvalue weighted by molar-refractivity contribution is 0.0766. The fourth-order valence-corrected chi connectivity index (χ4v) is 4.20. The molecule has 1 amide bonds. The Morgan fingerprint density at radius 3 is 2.57 bits per heavy atom. The normalized spacial score (nSPS) is 15.9. The molecule has 1 aliphatic rings. The second-order valence-electron chi connectivity index (χ2n) is 5.33. The Kier molecular flexibility index (Phi) is 7.47. The third-order valence-corrected chi connectivity index (χ3v) is 6.36. The lowest BCUT2D eigenvalue weighted by Crippen LogP contribution is -2.34. The van der Waals surface area contributed by atoms with Gasteiger partial charge in [0, 0.05) is 43.8 Å². The SMILES string of the molecule is CN(C)S(=O)(=O)c1ccc(C(=O)N2CCCNCC2)cc1Br.Cl. The molecule has 9 heteroatoms. The third kappa shape index (κ3) is 4.67. The van der Waals surface area contributed by atoms with Crippen LogP contribution in [0, 0.1) is 0 Å². The summed E-state index contributed by atoms with van der Waals surface area (Å²) in [6.07, 6.45) is 0.917. The maximum absolute atomic E-state index is 12.5. The topological polar surface area (TPSA) is 69.7 Å². The van der Waals surface area contributed by atoms with Crippen molar-refractivity contribution in [2.24, 2.45) is 0 Å². The Hall–Kier alpha value is -0.670. The zero-order valence-electron chi connectivity index (χ0n) is 13.1. The number of benzene rings is 1. The summed E-state index contributed by atoms with van der Waals surface area (Å²) in [5, 5.41) is 3.25. The molecule has 1 heterocycles. The van der Waals surface area contributed by atoms with Crippen molar-refractivity contribution in [3.63, 3.8) is 0 Å². The van der Waals surface area contributed by atoms with Crippen molar-refractivity contribution >= 4 is 44.3 Å². The van der Waals surface area contributed by atoms with Gasteiger partial charge in [-0.2, -0.15) is 0 Å². The summed E-state index contributed by atoms with van der Waals surface area (Å²) in [6, 6.07) is 4.63. The summed E-state index contributed by atoms with van der Waals surface area (Å²) < 4.78 is 25.9. The van der Waals surface area contributed by atoms with Gasteiger partial charge in [0.25, 0.3) is 5.91 Å². The number of nitrogens with zero attached hydrogens (tertiary/aromatic N) is 2. The molecule has 0 aliphatic carbocycles. The summed E-state index contributed by atoms with van der Waals surface area (Å²) in [7, 11) is -0.575. The molecule has 0 saturated carbocycles. The highest BCUT2D eigenvalue weighted by atomic mass is 79.9. The van der Waals surface area contributed by atoms with Gasteiger partial charge in [-0.1, -0.05) is 0 Å². The van der Waals surface area contributed by atoms with Gasteiger partial charge in [0.05, 0.1) is 4.90 Å². The minimum Gasteiger partial charge on any atom is -0.337 e. The molecule has 2 rings (SSSR count). The molecule has 0 bridgehead atoms. The number of amides is 1. The maximum atomic E-state index is 12.5. The molecule has 0 unspecified atom stereocenters. The number of halogens is 2. The highest BCUT2D eigenvalue weighted by molar-refractivity contribution is 9.10. The van der Waals surface area contributed by atoms with Crippen LogP contribution in [0.5, 0.6) is 0 Å². The van der Waals surface area contributed by atoms with E-state index in [9.17, 15) is 13.2 Å². The van der Waals surface area contributed by atoms with Gasteiger partial charge in [-0.3, -0.25) is 4.79 Å². The Labute approximate surface area is 151 Å². The van der Waals surface area contributed by atoms with E-state index in [1.807, 2.05) is 0 Å². The van der Waals surface area contributed by atoms with E-state index in [-0.39, 0.29) is 23.2 Å². The lowest BCUT2D eigenvalue weighted by Gasteiger charge is -2.20. The molecule has 130 valence electrons. The van der Waals surface area contributed by atoms with Crippen LogP contribution < -0.4 is 5.32 Å². The Morgan fingerprint density at radius 2 is 1.96 bits per heavy atom. The molecule has 1 N–H and O–H groups in total. The van der Waals surface area contributed by atoms with Crippen molar-refractivity contribution in [3.05, 3.63) is 28.2 Å². The summed E-state index contributed by atoms with van der Waals surface area (Å²) in [5.74, 6) is -0.0711. The van der Waals surface area contributed by atoms with Gasteiger partial charge in [-0.25, -0.2) is 12.7 Å². The number of hydrogen-bond acceptors (Lipinski definition) is 4. The zero-order valence-corrected chi connectivity index (χ0v) is 16.3. The standard InChI is InChI=1S/C14H20BrN3O3S.ClH/c1-17(2)22(20,21)13-5-4-11(10-12(13)15)14(19)18-8-3-6-16-7-9-18;/h4-5,10,16H,3,6-9H2,1-2H3;1H. The summed E-state index contributed by atoms with van der Waals surface area (Å²) in [4.78, 5) is 14.5. The maximum Gasteiger partial charge on any atom is 0.253 e. The number of sulfonamides is 1. The molecule has 0 radical (unpaired) electrons. The highest BCUT2D eigenvalue weighted by Crippen LogP contribution is 2.25. The second kappa shape index (κ2) is 8.43. The van der Waals surface area contributed by atoms with Crippen molar-refractivity contribution in [3.8, 4) is 0 Å². The second-order valence-corrected chi connectivity index (χ2v) is 8.30. The van der Waals surface area contributed by atoms with Gasteiger partial charge in [0.2, 0.25) is 10.0 Å². The highest BCUT2D eigenvalue weighted by Gasteiger charge is 2.23. The Bertz CT molecular complexity index is 659. The largest absolute Gasteiger partial charge is 0.337 e. The van der Waals surface area contributed by atoms with E-state index >= 15 is 0 Å². The van der Waals surface area contributed by atoms with E-state index in [2.05, 4.69) is 21.2 Å². The van der Waals surface area contributed by atoms with Crippen LogP contribution in [0.15, 0.2) is 27.6 Å². The smallest absolute Gasteiger partial charge is 0.253 e. The molecule has 6 nitrogen and oxygen atoms in total. The van der Waals surface area contributed by atoms with Crippen molar-refractivity contribution in [1.29, 1.82) is 0 Å². The van der Waals surface area contributed by atoms with Gasteiger partial charge in [0.15, 0.2) is 0 Å². The molecular formula is C14H21BrClN3O3S. The van der Waals surface area contributed by atoms with Crippen molar-refractivity contribution in [1.82, 2.24) is 14.5 Å². The predicted molar refractivity (Wildman–Crippen MR) is 95.7 cm³/mol. The summed E-state index contributed by atoms with van der Waals surface area (Å²) in [5.41, 5.74) is 0.492. The van der Waals surface area contributed by atoms with Crippen LogP contribution in [0.2, 0.25) is 0 Å². The fourth-order valence-electron chi connectivity index (χ4n) is 2.27. The quantitative estimate of drug-likeness (QED) is 0.796. The number of hydrogen-bond donors (Lipinski definition) is 1. The average Bonchev–Trinajstić information content (AvgIpc) is 2.74. The molecular weight excluding hydrogens is 406 g/mol. The van der Waals surface area contributed by atoms with Gasteiger partial charge < -0.3 is 10.2 Å². The lowest BCUT2D eigenvalue weighted by atomic mass is 10.2. The average molecular weight is 427 g/mol. The molecule has 0 spiro atoms. The van der Waals surface area contributed by atoms with E-state index in [4.69, 9.17) is 0 Å².